The van der Waals surface area contributed by atoms with Gasteiger partial charge < -0.3 is 5.11 Å². The van der Waals surface area contributed by atoms with E-state index in [0.29, 0.717) is 12.8 Å². The Morgan fingerprint density at radius 1 is 1.44 bits per heavy atom. The van der Waals surface area contributed by atoms with E-state index in [1.54, 1.807) is 0 Å². The van der Waals surface area contributed by atoms with Crippen molar-refractivity contribution in [2.24, 2.45) is 5.92 Å². The van der Waals surface area contributed by atoms with Crippen molar-refractivity contribution in [3.05, 3.63) is 0 Å². The molecule has 0 radical (unpaired) electrons. The monoisotopic (exact) mass is 250 g/mol. The van der Waals surface area contributed by atoms with Gasteiger partial charge in [0.1, 0.15) is 6.04 Å². The zero-order valence-electron chi connectivity index (χ0n) is 9.75. The topological polar surface area (TPSA) is 77.9 Å². The molecule has 2 atom stereocenters. The minimum absolute atomic E-state index is 0.245. The van der Waals surface area contributed by atoms with Crippen LogP contribution in [0.1, 0.15) is 19.8 Å². The Hall–Kier alpha value is -0.660. The third-order valence-corrected chi connectivity index (χ3v) is 4.81. The van der Waals surface area contributed by atoms with E-state index < -0.39 is 22.2 Å². The molecule has 2 unspecified atom stereocenters. The Kier molecular flexibility index (Phi) is 3.92. The van der Waals surface area contributed by atoms with E-state index in [1.165, 1.54) is 14.1 Å². The fraction of sp³-hybridized carbons (Fsp3) is 0.889. The molecule has 0 spiro atoms. The van der Waals surface area contributed by atoms with Crippen molar-refractivity contribution in [1.82, 2.24) is 8.61 Å². The van der Waals surface area contributed by atoms with Crippen LogP contribution in [0.5, 0.6) is 0 Å². The summed E-state index contributed by atoms with van der Waals surface area (Å²) in [6.45, 7) is 2.22. The molecule has 0 bridgehead atoms. The highest BCUT2D eigenvalue weighted by molar-refractivity contribution is 7.86. The van der Waals surface area contributed by atoms with Crippen molar-refractivity contribution in [3.8, 4) is 0 Å². The average molecular weight is 250 g/mol. The van der Waals surface area contributed by atoms with Crippen LogP contribution in [0.25, 0.3) is 0 Å². The summed E-state index contributed by atoms with van der Waals surface area (Å²) in [5.41, 5.74) is 0. The number of hydrogen-bond donors (Lipinski definition) is 1. The molecule has 0 amide bonds. The van der Waals surface area contributed by atoms with E-state index in [9.17, 15) is 13.2 Å². The Balaban J connectivity index is 2.98. The van der Waals surface area contributed by atoms with Crippen molar-refractivity contribution in [1.29, 1.82) is 0 Å². The number of rotatable bonds is 3. The Morgan fingerprint density at radius 2 is 2.00 bits per heavy atom. The van der Waals surface area contributed by atoms with Crippen LogP contribution in [0.15, 0.2) is 0 Å². The number of carboxylic acids is 1. The van der Waals surface area contributed by atoms with Crippen LogP contribution in [-0.4, -0.2) is 54.8 Å². The van der Waals surface area contributed by atoms with Crippen LogP contribution in [0.2, 0.25) is 0 Å². The Morgan fingerprint density at radius 3 is 2.44 bits per heavy atom. The van der Waals surface area contributed by atoms with Gasteiger partial charge in [-0.15, -0.1) is 0 Å². The predicted octanol–water partition coefficient (Wildman–Crippen LogP) is -0.0221. The highest BCUT2D eigenvalue weighted by Gasteiger charge is 2.39. The zero-order valence-corrected chi connectivity index (χ0v) is 10.6. The minimum Gasteiger partial charge on any atom is -0.480 e. The molecule has 16 heavy (non-hydrogen) atoms. The van der Waals surface area contributed by atoms with Gasteiger partial charge in [0.05, 0.1) is 0 Å². The second-order valence-electron chi connectivity index (χ2n) is 4.38. The van der Waals surface area contributed by atoms with Crippen LogP contribution >= 0.6 is 0 Å². The van der Waals surface area contributed by atoms with E-state index in [4.69, 9.17) is 5.11 Å². The fourth-order valence-corrected chi connectivity index (χ4v) is 3.08. The maximum atomic E-state index is 11.9. The van der Waals surface area contributed by atoms with Crippen molar-refractivity contribution in [2.45, 2.75) is 25.8 Å². The number of carbonyl (C=O) groups is 1. The molecule has 0 aromatic rings. The molecule has 6 nitrogen and oxygen atoms in total. The highest BCUT2D eigenvalue weighted by Crippen LogP contribution is 2.25. The molecule has 1 saturated heterocycles. The maximum absolute atomic E-state index is 11.9. The standard InChI is InChI=1S/C9H18N2O4S/c1-7-4-5-11(8(6-7)9(12)13)16(14,15)10(2)3/h7-8H,4-6H2,1-3H3,(H,12,13). The fourth-order valence-electron chi connectivity index (χ4n) is 1.83. The summed E-state index contributed by atoms with van der Waals surface area (Å²) in [5, 5.41) is 9.05. The molecule has 0 aliphatic carbocycles. The molecular formula is C9H18N2O4S. The first-order chi connectivity index (χ1) is 7.26. The number of hydrogen-bond acceptors (Lipinski definition) is 3. The van der Waals surface area contributed by atoms with Gasteiger partial charge in [0, 0.05) is 20.6 Å². The summed E-state index contributed by atoms with van der Waals surface area (Å²) in [6, 6.07) is -0.934. The minimum atomic E-state index is -3.63. The quantitative estimate of drug-likeness (QED) is 0.763. The summed E-state index contributed by atoms with van der Waals surface area (Å²) in [4.78, 5) is 11.1. The molecule has 1 aliphatic heterocycles. The molecule has 0 saturated carbocycles. The molecule has 94 valence electrons. The number of piperidine rings is 1. The third-order valence-electron chi connectivity index (χ3n) is 2.86. The number of aliphatic carboxylic acids is 1. The zero-order chi connectivity index (χ0) is 12.5. The van der Waals surface area contributed by atoms with E-state index in [2.05, 4.69) is 0 Å². The Labute approximate surface area is 96.0 Å². The van der Waals surface area contributed by atoms with Gasteiger partial charge in [-0.2, -0.15) is 17.0 Å². The molecule has 1 fully saturated rings. The van der Waals surface area contributed by atoms with Crippen LogP contribution < -0.4 is 0 Å². The molecule has 1 N–H and O–H groups in total. The normalized spacial score (nSPS) is 28.2. The smallest absolute Gasteiger partial charge is 0.322 e. The second-order valence-corrected chi connectivity index (χ2v) is 6.48. The summed E-state index contributed by atoms with van der Waals surface area (Å²) in [5.74, 6) is -0.827. The Bertz CT molecular complexity index is 366. The SMILES string of the molecule is CC1CCN(S(=O)(=O)N(C)C)C(C(=O)O)C1. The van der Waals surface area contributed by atoms with E-state index in [-0.39, 0.29) is 12.5 Å². The second kappa shape index (κ2) is 4.68. The average Bonchev–Trinajstić information content (AvgIpc) is 2.16. The van der Waals surface area contributed by atoms with Crippen LogP contribution in [0.4, 0.5) is 0 Å². The lowest BCUT2D eigenvalue weighted by atomic mass is 9.94. The molecule has 1 aliphatic rings. The van der Waals surface area contributed by atoms with Crippen molar-refractivity contribution >= 4 is 16.2 Å². The van der Waals surface area contributed by atoms with Gasteiger partial charge in [0.15, 0.2) is 0 Å². The summed E-state index contributed by atoms with van der Waals surface area (Å²) in [6.07, 6.45) is 1.08. The first-order valence-corrected chi connectivity index (χ1v) is 6.58. The molecule has 1 heterocycles. The lowest BCUT2D eigenvalue weighted by Crippen LogP contribution is -2.53. The number of carboxylic acid groups (broad SMARTS) is 1. The largest absolute Gasteiger partial charge is 0.480 e. The van der Waals surface area contributed by atoms with Crippen molar-refractivity contribution < 1.29 is 18.3 Å². The summed E-state index contributed by atoms with van der Waals surface area (Å²) >= 11 is 0. The van der Waals surface area contributed by atoms with Crippen molar-refractivity contribution in [3.63, 3.8) is 0 Å². The van der Waals surface area contributed by atoms with Gasteiger partial charge in [-0.25, -0.2) is 0 Å². The molecule has 0 aromatic carbocycles. The van der Waals surface area contributed by atoms with E-state index in [0.717, 1.165) is 8.61 Å². The van der Waals surface area contributed by atoms with Gasteiger partial charge in [-0.05, 0) is 18.8 Å². The summed E-state index contributed by atoms with van der Waals surface area (Å²) in [7, 11) is -0.814. The first-order valence-electron chi connectivity index (χ1n) is 5.19. The van der Waals surface area contributed by atoms with Gasteiger partial charge in [0.25, 0.3) is 10.2 Å². The predicted molar refractivity (Wildman–Crippen MR) is 59.1 cm³/mol. The lowest BCUT2D eigenvalue weighted by molar-refractivity contribution is -0.143. The molecule has 0 aromatic heterocycles. The van der Waals surface area contributed by atoms with Gasteiger partial charge in [-0.1, -0.05) is 6.92 Å². The van der Waals surface area contributed by atoms with Crippen LogP contribution in [-0.2, 0) is 15.0 Å². The van der Waals surface area contributed by atoms with Crippen LogP contribution in [0.3, 0.4) is 0 Å². The first kappa shape index (κ1) is 13.4. The van der Waals surface area contributed by atoms with Crippen molar-refractivity contribution in [2.75, 3.05) is 20.6 Å². The lowest BCUT2D eigenvalue weighted by Gasteiger charge is -2.36. The van der Waals surface area contributed by atoms with Gasteiger partial charge in [0.2, 0.25) is 0 Å². The molecule has 7 heteroatoms. The molecular weight excluding hydrogens is 232 g/mol. The molecule has 1 rings (SSSR count). The summed E-state index contributed by atoms with van der Waals surface area (Å²) < 4.78 is 25.9. The third kappa shape index (κ3) is 2.53. The van der Waals surface area contributed by atoms with Crippen LogP contribution in [0, 0.1) is 5.92 Å². The number of nitrogens with zero attached hydrogens (tertiary/aromatic N) is 2. The van der Waals surface area contributed by atoms with E-state index >= 15 is 0 Å². The van der Waals surface area contributed by atoms with E-state index in [1.807, 2.05) is 6.92 Å². The maximum Gasteiger partial charge on any atom is 0.322 e. The van der Waals surface area contributed by atoms with Gasteiger partial charge >= 0.3 is 5.97 Å². The highest BCUT2D eigenvalue weighted by atomic mass is 32.2. The van der Waals surface area contributed by atoms with Gasteiger partial charge in [-0.3, -0.25) is 4.79 Å².